The number of halogens is 2. The highest BCUT2D eigenvalue weighted by Crippen LogP contribution is 2.32. The van der Waals surface area contributed by atoms with Crippen LogP contribution in [0.5, 0.6) is 5.75 Å². The minimum Gasteiger partial charge on any atom is -0.481 e. The fourth-order valence-corrected chi connectivity index (χ4v) is 3.46. The molecule has 1 aliphatic rings. The molecule has 2 aromatic rings. The summed E-state index contributed by atoms with van der Waals surface area (Å²) < 4.78 is 10.7. The van der Waals surface area contributed by atoms with Crippen LogP contribution in [-0.4, -0.2) is 60.2 Å². The van der Waals surface area contributed by atoms with Gasteiger partial charge in [-0.2, -0.15) is 0 Å². The number of Topliss-reactive ketones (excluding diaryl/α,β-unsaturated/α-hetero) is 1. The van der Waals surface area contributed by atoms with E-state index in [1.54, 1.807) is 21.9 Å². The molecule has 148 valence electrons. The first-order valence-electron chi connectivity index (χ1n) is 8.60. The molecule has 2 heterocycles. The van der Waals surface area contributed by atoms with Crippen LogP contribution >= 0.6 is 23.2 Å². The molecule has 1 aliphatic heterocycles. The minimum atomic E-state index is -0.270. The average molecular weight is 425 g/mol. The molecule has 3 rings (SSSR count). The molecule has 0 unspecified atom stereocenters. The van der Waals surface area contributed by atoms with Gasteiger partial charge in [0.15, 0.2) is 18.2 Å². The van der Waals surface area contributed by atoms with E-state index in [-0.39, 0.29) is 46.3 Å². The molecule has 0 bridgehead atoms. The summed E-state index contributed by atoms with van der Waals surface area (Å²) in [5, 5.41) is 0.477. The predicted octanol–water partition coefficient (Wildman–Crippen LogP) is 3.15. The van der Waals surface area contributed by atoms with Crippen molar-refractivity contribution in [3.63, 3.8) is 0 Å². The molecule has 1 aromatic carbocycles. The Morgan fingerprint density at radius 3 is 2.39 bits per heavy atom. The van der Waals surface area contributed by atoms with Crippen molar-refractivity contribution in [1.29, 1.82) is 0 Å². The van der Waals surface area contributed by atoms with Gasteiger partial charge in [-0.15, -0.1) is 0 Å². The number of ether oxygens (including phenoxy) is 1. The van der Waals surface area contributed by atoms with E-state index in [0.29, 0.717) is 31.2 Å². The molecular weight excluding hydrogens is 407 g/mol. The third-order valence-electron chi connectivity index (χ3n) is 4.38. The third-order valence-corrected chi connectivity index (χ3v) is 4.88. The van der Waals surface area contributed by atoms with Crippen molar-refractivity contribution >= 4 is 40.8 Å². The van der Waals surface area contributed by atoms with Crippen LogP contribution in [0.25, 0.3) is 0 Å². The van der Waals surface area contributed by atoms with Crippen molar-refractivity contribution < 1.29 is 23.5 Å². The standard InChI is InChI=1S/C19H18Cl2N2O5/c1-12(24)14-9-13(20)10-15(21)18(14)28-11-17(25)22-4-6-23(7-5-22)19(26)16-3-2-8-27-16/h2-3,8-10H,4-7,11H2,1H3. The molecule has 1 saturated heterocycles. The van der Waals surface area contributed by atoms with E-state index in [1.165, 1.54) is 25.3 Å². The maximum atomic E-state index is 12.5. The highest BCUT2D eigenvalue weighted by molar-refractivity contribution is 6.36. The van der Waals surface area contributed by atoms with E-state index in [4.69, 9.17) is 32.4 Å². The Balaban J connectivity index is 1.57. The third kappa shape index (κ3) is 4.48. The van der Waals surface area contributed by atoms with Gasteiger partial charge in [-0.25, -0.2) is 0 Å². The highest BCUT2D eigenvalue weighted by Gasteiger charge is 2.26. The van der Waals surface area contributed by atoms with Crippen LogP contribution in [-0.2, 0) is 4.79 Å². The van der Waals surface area contributed by atoms with Crippen molar-refractivity contribution in [2.24, 2.45) is 0 Å². The van der Waals surface area contributed by atoms with Gasteiger partial charge in [0.2, 0.25) is 0 Å². The van der Waals surface area contributed by atoms with Gasteiger partial charge in [-0.3, -0.25) is 14.4 Å². The Kier molecular flexibility index (Phi) is 6.26. The number of piperazine rings is 1. The van der Waals surface area contributed by atoms with Crippen molar-refractivity contribution in [3.8, 4) is 5.75 Å². The van der Waals surface area contributed by atoms with Gasteiger partial charge >= 0.3 is 0 Å². The lowest BCUT2D eigenvalue weighted by Crippen LogP contribution is -2.51. The second-order valence-electron chi connectivity index (χ2n) is 6.26. The van der Waals surface area contributed by atoms with Crippen LogP contribution in [0.3, 0.4) is 0 Å². The van der Waals surface area contributed by atoms with Crippen LogP contribution in [0.2, 0.25) is 10.0 Å². The van der Waals surface area contributed by atoms with E-state index in [1.807, 2.05) is 0 Å². The number of rotatable bonds is 5. The highest BCUT2D eigenvalue weighted by atomic mass is 35.5. The maximum Gasteiger partial charge on any atom is 0.289 e. The van der Waals surface area contributed by atoms with Gasteiger partial charge in [-0.1, -0.05) is 23.2 Å². The quantitative estimate of drug-likeness (QED) is 0.688. The number of hydrogen-bond acceptors (Lipinski definition) is 5. The summed E-state index contributed by atoms with van der Waals surface area (Å²) in [5.74, 6) is -0.314. The first-order chi connectivity index (χ1) is 13.4. The molecular formula is C19H18Cl2N2O5. The lowest BCUT2D eigenvalue weighted by atomic mass is 10.1. The van der Waals surface area contributed by atoms with E-state index < -0.39 is 0 Å². The topological polar surface area (TPSA) is 80.1 Å². The van der Waals surface area contributed by atoms with E-state index in [9.17, 15) is 14.4 Å². The Bertz CT molecular complexity index is 890. The summed E-state index contributed by atoms with van der Waals surface area (Å²) in [6.45, 7) is 2.64. The Morgan fingerprint density at radius 2 is 1.79 bits per heavy atom. The van der Waals surface area contributed by atoms with Crippen molar-refractivity contribution in [2.45, 2.75) is 6.92 Å². The minimum absolute atomic E-state index is 0.138. The molecule has 1 fully saturated rings. The van der Waals surface area contributed by atoms with Gasteiger partial charge in [0, 0.05) is 31.2 Å². The summed E-state index contributed by atoms with van der Waals surface area (Å²) in [7, 11) is 0. The van der Waals surface area contributed by atoms with Crippen LogP contribution in [0.4, 0.5) is 0 Å². The summed E-state index contributed by atoms with van der Waals surface area (Å²) in [5.41, 5.74) is 0.221. The Morgan fingerprint density at radius 1 is 1.11 bits per heavy atom. The molecule has 0 spiro atoms. The number of carbonyl (C=O) groups is 3. The summed E-state index contributed by atoms with van der Waals surface area (Å²) in [4.78, 5) is 39.7. The molecule has 0 saturated carbocycles. The number of nitrogens with zero attached hydrogens (tertiary/aromatic N) is 2. The molecule has 0 radical (unpaired) electrons. The van der Waals surface area contributed by atoms with Gasteiger partial charge < -0.3 is 19.0 Å². The van der Waals surface area contributed by atoms with Gasteiger partial charge in [0.25, 0.3) is 11.8 Å². The van der Waals surface area contributed by atoms with E-state index in [0.717, 1.165) is 0 Å². The lowest BCUT2D eigenvalue weighted by Gasteiger charge is -2.34. The smallest absolute Gasteiger partial charge is 0.289 e. The zero-order valence-corrected chi connectivity index (χ0v) is 16.6. The van der Waals surface area contributed by atoms with Crippen molar-refractivity contribution in [3.05, 3.63) is 51.9 Å². The van der Waals surface area contributed by atoms with Gasteiger partial charge in [0.05, 0.1) is 16.8 Å². The molecule has 7 nitrogen and oxygen atoms in total. The Hall–Kier alpha value is -2.51. The normalized spacial score (nSPS) is 14.1. The summed E-state index contributed by atoms with van der Waals surface area (Å²) >= 11 is 12.0. The predicted molar refractivity (Wildman–Crippen MR) is 103 cm³/mol. The average Bonchev–Trinajstić information content (AvgIpc) is 3.20. The molecule has 2 amide bonds. The van der Waals surface area contributed by atoms with E-state index >= 15 is 0 Å². The fraction of sp³-hybridized carbons (Fsp3) is 0.316. The fourth-order valence-electron chi connectivity index (χ4n) is 2.91. The summed E-state index contributed by atoms with van der Waals surface area (Å²) in [6.07, 6.45) is 1.45. The number of carbonyl (C=O) groups excluding carboxylic acids is 3. The lowest BCUT2D eigenvalue weighted by molar-refractivity contribution is -0.134. The number of benzene rings is 1. The second-order valence-corrected chi connectivity index (χ2v) is 7.10. The largest absolute Gasteiger partial charge is 0.481 e. The molecule has 0 N–H and O–H groups in total. The molecule has 0 atom stereocenters. The molecule has 28 heavy (non-hydrogen) atoms. The van der Waals surface area contributed by atoms with Crippen molar-refractivity contribution in [1.82, 2.24) is 9.80 Å². The monoisotopic (exact) mass is 424 g/mol. The molecule has 1 aromatic heterocycles. The van der Waals surface area contributed by atoms with Crippen LogP contribution < -0.4 is 4.74 Å². The van der Waals surface area contributed by atoms with Crippen LogP contribution in [0.1, 0.15) is 27.8 Å². The zero-order valence-electron chi connectivity index (χ0n) is 15.1. The number of amides is 2. The van der Waals surface area contributed by atoms with Crippen molar-refractivity contribution in [2.75, 3.05) is 32.8 Å². The second kappa shape index (κ2) is 8.67. The maximum absolute atomic E-state index is 12.5. The number of ketones is 1. The van der Waals surface area contributed by atoms with Gasteiger partial charge in [0.1, 0.15) is 5.75 Å². The Labute approximate surface area is 171 Å². The first kappa shape index (κ1) is 20.2. The summed E-state index contributed by atoms with van der Waals surface area (Å²) in [6, 6.07) is 6.17. The number of furan rings is 1. The van der Waals surface area contributed by atoms with Crippen LogP contribution in [0.15, 0.2) is 34.9 Å². The first-order valence-corrected chi connectivity index (χ1v) is 9.35. The SMILES string of the molecule is CC(=O)c1cc(Cl)cc(Cl)c1OCC(=O)N1CCN(C(=O)c2ccco2)CC1. The van der Waals surface area contributed by atoms with Crippen LogP contribution in [0, 0.1) is 0 Å². The molecule has 9 heteroatoms. The number of hydrogen-bond donors (Lipinski definition) is 0. The molecule has 0 aliphatic carbocycles. The zero-order chi connectivity index (χ0) is 20.3. The van der Waals surface area contributed by atoms with E-state index in [2.05, 4.69) is 0 Å². The van der Waals surface area contributed by atoms with Gasteiger partial charge in [-0.05, 0) is 31.2 Å².